The molecule has 2 aromatic rings. The van der Waals surface area contributed by atoms with Gasteiger partial charge in [0.1, 0.15) is 11.9 Å². The Labute approximate surface area is 168 Å². The van der Waals surface area contributed by atoms with E-state index >= 15 is 0 Å². The molecule has 0 radical (unpaired) electrons. The maximum Gasteiger partial charge on any atom is 0.252 e. The molecule has 2 fully saturated rings. The molecule has 2 bridgehead atoms. The van der Waals surface area contributed by atoms with Crippen LogP contribution in [-0.4, -0.2) is 45.5 Å². The van der Waals surface area contributed by atoms with E-state index in [9.17, 15) is 4.79 Å². The predicted octanol–water partition coefficient (Wildman–Crippen LogP) is 1.42. The molecule has 0 spiro atoms. The maximum atomic E-state index is 12.0. The molecule has 2 aromatic heterocycles. The number of aromatic nitrogens is 3. The highest BCUT2D eigenvalue weighted by Gasteiger charge is 2.41. The number of hydrogen-bond acceptors (Lipinski definition) is 8. The number of piperidine rings is 1. The summed E-state index contributed by atoms with van der Waals surface area (Å²) in [6.07, 6.45) is 10.0. The minimum atomic E-state index is -0.454. The van der Waals surface area contributed by atoms with Crippen LogP contribution < -0.4 is 21.3 Å². The number of nitriles is 1. The first kappa shape index (κ1) is 17.7. The molecule has 4 N–H and O–H groups in total. The summed E-state index contributed by atoms with van der Waals surface area (Å²) in [7, 11) is 0. The molecule has 0 aliphatic carbocycles. The summed E-state index contributed by atoms with van der Waals surface area (Å²) < 4.78 is 0. The Morgan fingerprint density at radius 1 is 1.21 bits per heavy atom. The third kappa shape index (κ3) is 3.01. The van der Waals surface area contributed by atoms with Gasteiger partial charge in [0, 0.05) is 36.4 Å². The number of carbonyl (C=O) groups is 1. The van der Waals surface area contributed by atoms with Crippen molar-refractivity contribution in [3.05, 3.63) is 35.5 Å². The highest BCUT2D eigenvalue weighted by Crippen LogP contribution is 2.41. The second-order valence-electron chi connectivity index (χ2n) is 7.90. The molecule has 0 aromatic carbocycles. The number of fused-ring (bicyclic) bond motifs is 3. The summed E-state index contributed by atoms with van der Waals surface area (Å²) in [5, 5.41) is 15.8. The second kappa shape index (κ2) is 6.88. The van der Waals surface area contributed by atoms with Crippen LogP contribution in [0.4, 0.5) is 17.2 Å². The molecule has 3 aliphatic rings. The summed E-state index contributed by atoms with van der Waals surface area (Å²) in [5.74, 6) is 0.578. The minimum absolute atomic E-state index is 0.191. The Bertz CT molecular complexity index is 985. The third-order valence-electron chi connectivity index (χ3n) is 6.23. The Morgan fingerprint density at radius 3 is 2.59 bits per heavy atom. The lowest BCUT2D eigenvalue weighted by atomic mass is 9.95. The van der Waals surface area contributed by atoms with Gasteiger partial charge in [-0.05, 0) is 32.1 Å². The third-order valence-corrected chi connectivity index (χ3v) is 6.23. The van der Waals surface area contributed by atoms with Crippen molar-refractivity contribution in [3.63, 3.8) is 0 Å². The van der Waals surface area contributed by atoms with Gasteiger partial charge in [-0.3, -0.25) is 4.79 Å². The molecule has 0 saturated carbocycles. The number of nitrogens with two attached hydrogens (primary N) is 1. The average Bonchev–Trinajstić information content (AvgIpc) is 3.31. The largest absolute Gasteiger partial charge is 0.381 e. The van der Waals surface area contributed by atoms with Gasteiger partial charge in [-0.1, -0.05) is 0 Å². The Balaban J connectivity index is 1.38. The zero-order chi connectivity index (χ0) is 20.0. The fourth-order valence-corrected chi connectivity index (χ4v) is 5.04. The van der Waals surface area contributed by atoms with Crippen LogP contribution in [0.1, 0.15) is 47.4 Å². The number of hydrogen-bond donors (Lipinski definition) is 3. The average molecular weight is 390 g/mol. The zero-order valence-corrected chi connectivity index (χ0v) is 15.9. The normalized spacial score (nSPS) is 24.5. The van der Waals surface area contributed by atoms with Gasteiger partial charge in [0.15, 0.2) is 0 Å². The van der Waals surface area contributed by atoms with Gasteiger partial charge in [0.2, 0.25) is 5.82 Å². The van der Waals surface area contributed by atoms with Crippen LogP contribution >= 0.6 is 0 Å². The van der Waals surface area contributed by atoms with E-state index in [0.29, 0.717) is 17.6 Å². The second-order valence-corrected chi connectivity index (χ2v) is 7.90. The van der Waals surface area contributed by atoms with E-state index in [-0.39, 0.29) is 11.9 Å². The molecule has 9 nitrogen and oxygen atoms in total. The van der Waals surface area contributed by atoms with Crippen LogP contribution in [0, 0.1) is 11.3 Å². The van der Waals surface area contributed by atoms with Gasteiger partial charge >= 0.3 is 0 Å². The van der Waals surface area contributed by atoms with Gasteiger partial charge in [-0.15, -0.1) is 0 Å². The van der Waals surface area contributed by atoms with Crippen LogP contribution in [0.25, 0.3) is 0 Å². The molecule has 29 heavy (non-hydrogen) atoms. The fourth-order valence-electron chi connectivity index (χ4n) is 5.04. The first-order valence-electron chi connectivity index (χ1n) is 9.96. The quantitative estimate of drug-likeness (QED) is 0.714. The SMILES string of the molecule is N#Cc1ncc(N2[C@@H]3CC[C@H]2C[C@H](Nc2c(C(N)=O)cnc4c2CCN4)C3)cn1. The van der Waals surface area contributed by atoms with E-state index in [1.807, 2.05) is 6.07 Å². The van der Waals surface area contributed by atoms with Crippen molar-refractivity contribution in [1.29, 1.82) is 5.26 Å². The number of pyridine rings is 1. The zero-order valence-electron chi connectivity index (χ0n) is 15.9. The summed E-state index contributed by atoms with van der Waals surface area (Å²) >= 11 is 0. The molecule has 0 unspecified atom stereocenters. The van der Waals surface area contributed by atoms with Gasteiger partial charge < -0.3 is 21.3 Å². The number of nitrogens with one attached hydrogen (secondary N) is 2. The number of anilines is 3. The van der Waals surface area contributed by atoms with Gasteiger partial charge in [0.25, 0.3) is 5.91 Å². The lowest BCUT2D eigenvalue weighted by molar-refractivity contribution is 0.100. The lowest BCUT2D eigenvalue weighted by Crippen LogP contribution is -2.47. The first-order chi connectivity index (χ1) is 14.1. The molecule has 1 amide bonds. The molecule has 5 rings (SSSR count). The monoisotopic (exact) mass is 390 g/mol. The van der Waals surface area contributed by atoms with Gasteiger partial charge in [-0.2, -0.15) is 5.26 Å². The van der Waals surface area contributed by atoms with Crippen LogP contribution in [0.2, 0.25) is 0 Å². The first-order valence-corrected chi connectivity index (χ1v) is 9.96. The summed E-state index contributed by atoms with van der Waals surface area (Å²) in [4.78, 5) is 27.0. The van der Waals surface area contributed by atoms with E-state index in [4.69, 9.17) is 11.0 Å². The summed E-state index contributed by atoms with van der Waals surface area (Å²) in [6, 6.07) is 2.99. The van der Waals surface area contributed by atoms with Crippen LogP contribution in [0.5, 0.6) is 0 Å². The van der Waals surface area contributed by atoms with E-state index in [1.165, 1.54) is 0 Å². The van der Waals surface area contributed by atoms with Gasteiger partial charge in [0.05, 0.1) is 29.3 Å². The highest BCUT2D eigenvalue weighted by molar-refractivity contribution is 6.00. The molecule has 3 aliphatic heterocycles. The van der Waals surface area contributed by atoms with E-state index in [1.54, 1.807) is 18.6 Å². The van der Waals surface area contributed by atoms with Crippen molar-refractivity contribution in [2.45, 2.75) is 50.2 Å². The number of amides is 1. The summed E-state index contributed by atoms with van der Waals surface area (Å²) in [5.41, 5.74) is 8.95. The molecule has 3 atom stereocenters. The standard InChI is InChI=1S/C20H22N8O/c21-7-17-24-8-14(9-25-17)28-12-1-2-13(28)6-11(5-12)27-18-15-3-4-23-20(15)26-10-16(18)19(22)29/h8-13H,1-6H2,(H2,22,29)(H2,23,26,27)/t11-,12-,13+. The van der Waals surface area contributed by atoms with Gasteiger partial charge in [-0.25, -0.2) is 15.0 Å². The fraction of sp³-hybridized carbons (Fsp3) is 0.450. The van der Waals surface area contributed by atoms with Crippen LogP contribution in [0.15, 0.2) is 18.6 Å². The van der Waals surface area contributed by atoms with Crippen LogP contribution in [-0.2, 0) is 6.42 Å². The van der Waals surface area contributed by atoms with Crippen molar-refractivity contribution >= 4 is 23.1 Å². The smallest absolute Gasteiger partial charge is 0.252 e. The molecular formula is C20H22N8O. The Kier molecular flexibility index (Phi) is 4.19. The van der Waals surface area contributed by atoms with E-state index in [2.05, 4.69) is 30.5 Å². The number of carbonyl (C=O) groups excluding carboxylic acids is 1. The molecule has 2 saturated heterocycles. The Hall–Kier alpha value is -3.41. The lowest BCUT2D eigenvalue weighted by Gasteiger charge is -2.41. The molecule has 9 heteroatoms. The number of primary amides is 1. The summed E-state index contributed by atoms with van der Waals surface area (Å²) in [6.45, 7) is 0.821. The van der Waals surface area contributed by atoms with E-state index < -0.39 is 5.91 Å². The molecular weight excluding hydrogens is 368 g/mol. The minimum Gasteiger partial charge on any atom is -0.381 e. The Morgan fingerprint density at radius 2 is 1.93 bits per heavy atom. The van der Waals surface area contributed by atoms with Crippen molar-refractivity contribution in [2.24, 2.45) is 5.73 Å². The highest BCUT2D eigenvalue weighted by atomic mass is 16.1. The van der Waals surface area contributed by atoms with Crippen LogP contribution in [0.3, 0.4) is 0 Å². The topological polar surface area (TPSA) is 133 Å². The predicted molar refractivity (Wildman–Crippen MR) is 108 cm³/mol. The van der Waals surface area contributed by atoms with E-state index in [0.717, 1.165) is 61.4 Å². The number of rotatable bonds is 4. The van der Waals surface area contributed by atoms with Crippen molar-refractivity contribution in [1.82, 2.24) is 15.0 Å². The molecule has 148 valence electrons. The molecule has 5 heterocycles. The van der Waals surface area contributed by atoms with Crippen molar-refractivity contribution in [2.75, 3.05) is 22.1 Å². The number of nitrogens with zero attached hydrogens (tertiary/aromatic N) is 5. The van der Waals surface area contributed by atoms with Crippen molar-refractivity contribution < 1.29 is 4.79 Å². The maximum absolute atomic E-state index is 12.0. The van der Waals surface area contributed by atoms with Crippen molar-refractivity contribution in [3.8, 4) is 6.07 Å².